The van der Waals surface area contributed by atoms with E-state index in [-0.39, 0.29) is 11.8 Å². The van der Waals surface area contributed by atoms with E-state index in [0.717, 1.165) is 19.3 Å². The number of nitrogens with zero attached hydrogens (tertiary/aromatic N) is 3. The molecule has 1 aromatic heterocycles. The second-order valence-electron chi connectivity index (χ2n) is 6.60. The van der Waals surface area contributed by atoms with Gasteiger partial charge in [0.15, 0.2) is 0 Å². The molecule has 1 aromatic carbocycles. The fourth-order valence-electron chi connectivity index (χ4n) is 3.26. The molecule has 0 aliphatic carbocycles. The molecule has 0 N–H and O–H groups in total. The highest BCUT2D eigenvalue weighted by Gasteiger charge is 2.23. The van der Waals surface area contributed by atoms with Crippen molar-refractivity contribution in [1.82, 2.24) is 14.8 Å². The maximum Gasteiger partial charge on any atom is 0.272 e. The molecule has 1 aliphatic heterocycles. The van der Waals surface area contributed by atoms with Gasteiger partial charge in [0, 0.05) is 37.9 Å². The first-order valence-corrected chi connectivity index (χ1v) is 9.27. The summed E-state index contributed by atoms with van der Waals surface area (Å²) in [7, 11) is 0. The minimum Gasteiger partial charge on any atom is -0.337 e. The van der Waals surface area contributed by atoms with Crippen LogP contribution < -0.4 is 0 Å². The molecule has 26 heavy (non-hydrogen) atoms. The quantitative estimate of drug-likeness (QED) is 0.851. The fraction of sp³-hybridized carbons (Fsp3) is 0.381. The fourth-order valence-corrected chi connectivity index (χ4v) is 3.26. The van der Waals surface area contributed by atoms with E-state index in [1.807, 2.05) is 35.2 Å². The van der Waals surface area contributed by atoms with E-state index >= 15 is 0 Å². The molecular formula is C21H25N3O2. The van der Waals surface area contributed by atoms with Crippen molar-refractivity contribution in [3.63, 3.8) is 0 Å². The van der Waals surface area contributed by atoms with Crippen molar-refractivity contribution in [1.29, 1.82) is 0 Å². The van der Waals surface area contributed by atoms with Crippen LogP contribution in [0.1, 0.15) is 46.2 Å². The first kappa shape index (κ1) is 18.1. The van der Waals surface area contributed by atoms with E-state index in [1.54, 1.807) is 23.2 Å². The number of hydrogen-bond acceptors (Lipinski definition) is 3. The molecule has 0 atom stereocenters. The summed E-state index contributed by atoms with van der Waals surface area (Å²) in [6.07, 6.45) is 4.53. The van der Waals surface area contributed by atoms with E-state index in [4.69, 9.17) is 0 Å². The van der Waals surface area contributed by atoms with E-state index in [1.165, 1.54) is 5.56 Å². The van der Waals surface area contributed by atoms with Gasteiger partial charge < -0.3 is 9.80 Å². The van der Waals surface area contributed by atoms with Crippen LogP contribution in [-0.2, 0) is 6.42 Å². The van der Waals surface area contributed by atoms with Crippen LogP contribution >= 0.6 is 0 Å². The molecule has 5 nitrogen and oxygen atoms in total. The molecule has 1 saturated heterocycles. The molecule has 2 amide bonds. The monoisotopic (exact) mass is 351 g/mol. The van der Waals surface area contributed by atoms with E-state index in [9.17, 15) is 9.59 Å². The zero-order chi connectivity index (χ0) is 18.4. The van der Waals surface area contributed by atoms with Gasteiger partial charge in [0.2, 0.25) is 0 Å². The minimum atomic E-state index is -0.0659. The van der Waals surface area contributed by atoms with Gasteiger partial charge in [0.1, 0.15) is 5.69 Å². The normalized spacial score (nSPS) is 14.8. The summed E-state index contributed by atoms with van der Waals surface area (Å²) in [5, 5.41) is 0. The third-order valence-corrected chi connectivity index (χ3v) is 4.69. The summed E-state index contributed by atoms with van der Waals surface area (Å²) < 4.78 is 0. The highest BCUT2D eigenvalue weighted by molar-refractivity contribution is 5.94. The van der Waals surface area contributed by atoms with Gasteiger partial charge in [-0.1, -0.05) is 31.5 Å². The number of benzene rings is 1. The second kappa shape index (κ2) is 8.61. The highest BCUT2D eigenvalue weighted by atomic mass is 16.2. The summed E-state index contributed by atoms with van der Waals surface area (Å²) >= 11 is 0. The standard InChI is InChI=1S/C21H25N3O2/c1-2-6-17-8-10-18(11-9-17)20(25)23-13-5-14-24(16-15-23)21(26)19-7-3-4-12-22-19/h3-4,7-12H,2,5-6,13-16H2,1H3. The van der Waals surface area contributed by atoms with Crippen molar-refractivity contribution in [3.05, 3.63) is 65.5 Å². The number of aryl methyl sites for hydroxylation is 1. The number of rotatable bonds is 4. The van der Waals surface area contributed by atoms with Crippen molar-refractivity contribution in [2.45, 2.75) is 26.2 Å². The van der Waals surface area contributed by atoms with Crippen LogP contribution in [-0.4, -0.2) is 52.8 Å². The first-order valence-electron chi connectivity index (χ1n) is 9.27. The predicted octanol–water partition coefficient (Wildman–Crippen LogP) is 3.02. The topological polar surface area (TPSA) is 53.5 Å². The molecule has 5 heteroatoms. The Bertz CT molecular complexity index is 744. The minimum absolute atomic E-state index is 0.0418. The molecule has 0 spiro atoms. The van der Waals surface area contributed by atoms with Gasteiger partial charge in [-0.2, -0.15) is 0 Å². The van der Waals surface area contributed by atoms with Gasteiger partial charge in [-0.25, -0.2) is 0 Å². The predicted molar refractivity (Wildman–Crippen MR) is 101 cm³/mol. The van der Waals surface area contributed by atoms with Crippen LogP contribution in [0.4, 0.5) is 0 Å². The summed E-state index contributed by atoms with van der Waals surface area (Å²) in [4.78, 5) is 33.1. The Hall–Kier alpha value is -2.69. The lowest BCUT2D eigenvalue weighted by molar-refractivity contribution is 0.0715. The van der Waals surface area contributed by atoms with Gasteiger partial charge in [0.05, 0.1) is 0 Å². The second-order valence-corrected chi connectivity index (χ2v) is 6.60. The maximum atomic E-state index is 12.8. The van der Waals surface area contributed by atoms with E-state index < -0.39 is 0 Å². The highest BCUT2D eigenvalue weighted by Crippen LogP contribution is 2.13. The van der Waals surface area contributed by atoms with Crippen LogP contribution in [0.3, 0.4) is 0 Å². The Balaban J connectivity index is 1.62. The average molecular weight is 351 g/mol. The molecular weight excluding hydrogens is 326 g/mol. The molecule has 136 valence electrons. The summed E-state index contributed by atoms with van der Waals surface area (Å²) in [5.74, 6) is -0.0241. The van der Waals surface area contributed by atoms with Crippen molar-refractivity contribution in [3.8, 4) is 0 Å². The molecule has 0 bridgehead atoms. The summed E-state index contributed by atoms with van der Waals surface area (Å²) in [5.41, 5.74) is 2.43. The van der Waals surface area contributed by atoms with Gasteiger partial charge >= 0.3 is 0 Å². The first-order chi connectivity index (χ1) is 12.7. The summed E-state index contributed by atoms with van der Waals surface area (Å²) in [6, 6.07) is 13.2. The third kappa shape index (κ3) is 4.28. The van der Waals surface area contributed by atoms with Crippen molar-refractivity contribution in [2.24, 2.45) is 0 Å². The lowest BCUT2D eigenvalue weighted by Crippen LogP contribution is -2.37. The molecule has 2 heterocycles. The van der Waals surface area contributed by atoms with Crippen LogP contribution in [0.15, 0.2) is 48.7 Å². The Morgan fingerprint density at radius 1 is 0.923 bits per heavy atom. The van der Waals surface area contributed by atoms with Crippen LogP contribution in [0, 0.1) is 0 Å². The molecule has 1 fully saturated rings. The maximum absolute atomic E-state index is 12.8. The largest absolute Gasteiger partial charge is 0.337 e. The zero-order valence-electron chi connectivity index (χ0n) is 15.2. The van der Waals surface area contributed by atoms with Crippen molar-refractivity contribution in [2.75, 3.05) is 26.2 Å². The van der Waals surface area contributed by atoms with Gasteiger partial charge in [-0.15, -0.1) is 0 Å². The summed E-state index contributed by atoms with van der Waals surface area (Å²) in [6.45, 7) is 4.55. The average Bonchev–Trinajstić information content (AvgIpc) is 2.95. The Labute approximate surface area is 154 Å². The molecule has 0 radical (unpaired) electrons. The van der Waals surface area contributed by atoms with Crippen LogP contribution in [0.2, 0.25) is 0 Å². The lowest BCUT2D eigenvalue weighted by Gasteiger charge is -2.22. The van der Waals surface area contributed by atoms with Crippen molar-refractivity contribution < 1.29 is 9.59 Å². The van der Waals surface area contributed by atoms with Gasteiger partial charge in [-0.05, 0) is 42.7 Å². The Kier molecular flexibility index (Phi) is 6.00. The molecule has 1 aliphatic rings. The SMILES string of the molecule is CCCc1ccc(C(=O)N2CCCN(C(=O)c3ccccn3)CC2)cc1. The number of hydrogen-bond donors (Lipinski definition) is 0. The van der Waals surface area contributed by atoms with Crippen LogP contribution in [0.25, 0.3) is 0 Å². The number of amides is 2. The molecule has 2 aromatic rings. The number of aromatic nitrogens is 1. The number of carbonyl (C=O) groups is 2. The number of pyridine rings is 1. The molecule has 3 rings (SSSR count). The number of carbonyl (C=O) groups excluding carboxylic acids is 2. The molecule has 0 unspecified atom stereocenters. The van der Waals surface area contributed by atoms with Crippen molar-refractivity contribution >= 4 is 11.8 Å². The lowest BCUT2D eigenvalue weighted by atomic mass is 10.1. The Morgan fingerprint density at radius 3 is 2.23 bits per heavy atom. The molecule has 0 saturated carbocycles. The zero-order valence-corrected chi connectivity index (χ0v) is 15.2. The van der Waals surface area contributed by atoms with Crippen LogP contribution in [0.5, 0.6) is 0 Å². The van der Waals surface area contributed by atoms with E-state index in [2.05, 4.69) is 11.9 Å². The Morgan fingerprint density at radius 2 is 1.62 bits per heavy atom. The van der Waals surface area contributed by atoms with E-state index in [0.29, 0.717) is 37.4 Å². The third-order valence-electron chi connectivity index (χ3n) is 4.69. The van der Waals surface area contributed by atoms with Gasteiger partial charge in [-0.3, -0.25) is 14.6 Å². The van der Waals surface area contributed by atoms with Gasteiger partial charge in [0.25, 0.3) is 11.8 Å². The smallest absolute Gasteiger partial charge is 0.272 e.